The summed E-state index contributed by atoms with van der Waals surface area (Å²) in [6, 6.07) is 0. The van der Waals surface area contributed by atoms with Crippen LogP contribution >= 0.6 is 7.82 Å². The van der Waals surface area contributed by atoms with Gasteiger partial charge in [0.1, 0.15) is 12.7 Å². The van der Waals surface area contributed by atoms with Crippen LogP contribution in [0, 0.1) is 0 Å². The molecule has 1 aliphatic heterocycles. The number of phosphoric ester groups is 1. The Morgan fingerprint density at radius 3 is 1.93 bits per heavy atom. The molecule has 56 heavy (non-hydrogen) atoms. The second-order valence-electron chi connectivity index (χ2n) is 14.4. The van der Waals surface area contributed by atoms with E-state index in [4.69, 9.17) is 23.8 Å². The van der Waals surface area contributed by atoms with Crippen LogP contribution in [0.5, 0.6) is 0 Å². The zero-order chi connectivity index (χ0) is 41.0. The minimum atomic E-state index is -4.64. The molecule has 3 N–H and O–H groups in total. The zero-order valence-electron chi connectivity index (χ0n) is 34.5. The van der Waals surface area contributed by atoms with Crippen molar-refractivity contribution in [2.45, 2.75) is 180 Å². The highest BCUT2D eigenvalue weighted by Gasteiger charge is 2.36. The van der Waals surface area contributed by atoms with E-state index in [1.165, 1.54) is 51.4 Å². The van der Waals surface area contributed by atoms with Gasteiger partial charge in [-0.25, -0.2) is 4.57 Å². The first-order valence-electron chi connectivity index (χ1n) is 21.4. The van der Waals surface area contributed by atoms with E-state index in [1.807, 2.05) is 6.08 Å². The van der Waals surface area contributed by atoms with Crippen LogP contribution in [-0.2, 0) is 37.4 Å². The molecule has 0 radical (unpaired) electrons. The number of aliphatic hydroxyl groups excluding tert-OH is 2. The number of rotatable bonds is 38. The Hall–Kier alpha value is -2.37. The fourth-order valence-electron chi connectivity index (χ4n) is 5.66. The average molecular weight is 811 g/mol. The van der Waals surface area contributed by atoms with Crippen molar-refractivity contribution in [1.82, 2.24) is 0 Å². The lowest BCUT2D eigenvalue weighted by atomic mass is 10.1. The normalized spacial score (nSPS) is 18.1. The number of ether oxygens (including phenoxy) is 3. The molecule has 0 saturated carbocycles. The third-order valence-electron chi connectivity index (χ3n) is 9.10. The lowest BCUT2D eigenvalue weighted by molar-refractivity contribution is -0.161. The van der Waals surface area contributed by atoms with E-state index >= 15 is 0 Å². The summed E-state index contributed by atoms with van der Waals surface area (Å²) in [5, 5.41) is 18.3. The number of allylic oxidation sites excluding steroid dienone is 9. The van der Waals surface area contributed by atoms with Crippen molar-refractivity contribution in [2.24, 2.45) is 0 Å². The average Bonchev–Trinajstić information content (AvgIpc) is 3.94. The largest absolute Gasteiger partial charge is 0.472 e. The van der Waals surface area contributed by atoms with Crippen molar-refractivity contribution in [3.05, 3.63) is 60.8 Å². The molecular weight excluding hydrogens is 735 g/mol. The van der Waals surface area contributed by atoms with Crippen LogP contribution in [0.25, 0.3) is 0 Å². The summed E-state index contributed by atoms with van der Waals surface area (Å²) in [5.41, 5.74) is 0. The van der Waals surface area contributed by atoms with E-state index in [0.717, 1.165) is 57.8 Å². The molecular formula is C44H75O11P. The Morgan fingerprint density at radius 1 is 0.661 bits per heavy atom. The zero-order valence-corrected chi connectivity index (χ0v) is 35.4. The van der Waals surface area contributed by atoms with Crippen LogP contribution in [0.4, 0.5) is 0 Å². The number of phosphoric acid groups is 1. The molecule has 0 aliphatic carbocycles. The Bertz CT molecular complexity index is 1180. The van der Waals surface area contributed by atoms with Gasteiger partial charge in [-0.1, -0.05) is 132 Å². The predicted octanol–water partition coefficient (Wildman–Crippen LogP) is 10.1. The molecule has 11 nitrogen and oxygen atoms in total. The molecule has 0 aromatic rings. The van der Waals surface area contributed by atoms with E-state index in [2.05, 4.69) is 73.1 Å². The summed E-state index contributed by atoms with van der Waals surface area (Å²) in [6.07, 6.45) is 40.8. The summed E-state index contributed by atoms with van der Waals surface area (Å²) < 4.78 is 38.3. The van der Waals surface area contributed by atoms with Gasteiger partial charge < -0.3 is 29.3 Å². The smallest absolute Gasteiger partial charge is 0.462 e. The van der Waals surface area contributed by atoms with Gasteiger partial charge in [0.2, 0.25) is 0 Å². The Balaban J connectivity index is 2.31. The third kappa shape index (κ3) is 32.7. The number of aliphatic hydroxyl groups is 2. The second-order valence-corrected chi connectivity index (χ2v) is 15.9. The molecule has 0 amide bonds. The first-order valence-corrected chi connectivity index (χ1v) is 22.9. The van der Waals surface area contributed by atoms with E-state index in [0.29, 0.717) is 31.5 Å². The molecule has 0 aromatic heterocycles. The van der Waals surface area contributed by atoms with Crippen molar-refractivity contribution in [1.29, 1.82) is 0 Å². The van der Waals surface area contributed by atoms with Gasteiger partial charge in [-0.05, 0) is 70.6 Å². The quantitative estimate of drug-likeness (QED) is 0.0136. The van der Waals surface area contributed by atoms with Gasteiger partial charge >= 0.3 is 19.8 Å². The van der Waals surface area contributed by atoms with Crippen molar-refractivity contribution in [3.63, 3.8) is 0 Å². The standard InChI is InChI=1S/C44H75O11P/c1-3-5-7-8-9-10-11-12-13-14-15-20-23-26-30-34-44(48)54-40(38-53-56(49,50)52-36-39(46)35-45)37-51-43(47)33-29-25-22-19-17-16-18-21-24-28-32-42-41(55-42)31-27-6-4-2/h10-13,16,18-19,22,24,28,39-42,45-46H,3-9,14-15,17,20-21,23,25-27,29-38H2,1-2H3,(H,49,50)/b11-10-,13-12-,18-16-,22-19-,28-24-/t39-,40+,41?,42?/m0/s1. The highest BCUT2D eigenvalue weighted by Crippen LogP contribution is 2.43. The maximum atomic E-state index is 12.6. The van der Waals surface area contributed by atoms with Crippen LogP contribution in [0.15, 0.2) is 60.8 Å². The molecule has 0 bridgehead atoms. The van der Waals surface area contributed by atoms with Crippen molar-refractivity contribution >= 4 is 19.8 Å². The summed E-state index contributed by atoms with van der Waals surface area (Å²) >= 11 is 0. The molecule has 3 unspecified atom stereocenters. The van der Waals surface area contributed by atoms with Gasteiger partial charge in [0, 0.05) is 12.8 Å². The summed E-state index contributed by atoms with van der Waals surface area (Å²) in [6.45, 7) is 2.22. The highest BCUT2D eigenvalue weighted by atomic mass is 31.2. The van der Waals surface area contributed by atoms with Crippen LogP contribution in [0.2, 0.25) is 0 Å². The molecule has 1 heterocycles. The summed E-state index contributed by atoms with van der Waals surface area (Å²) in [5.74, 6) is -1.02. The van der Waals surface area contributed by atoms with Crippen LogP contribution in [0.1, 0.15) is 155 Å². The Kier molecular flexibility index (Phi) is 33.0. The number of carbonyl (C=O) groups excluding carboxylic acids is 2. The molecule has 5 atom stereocenters. The van der Waals surface area contributed by atoms with Crippen LogP contribution < -0.4 is 0 Å². The maximum Gasteiger partial charge on any atom is 0.472 e. The number of epoxide rings is 1. The van der Waals surface area contributed by atoms with Crippen molar-refractivity contribution in [2.75, 3.05) is 26.4 Å². The highest BCUT2D eigenvalue weighted by molar-refractivity contribution is 7.47. The fourth-order valence-corrected chi connectivity index (χ4v) is 6.45. The molecule has 1 saturated heterocycles. The van der Waals surface area contributed by atoms with E-state index in [9.17, 15) is 24.2 Å². The minimum Gasteiger partial charge on any atom is -0.462 e. The van der Waals surface area contributed by atoms with Crippen LogP contribution in [-0.4, -0.2) is 77.9 Å². The molecule has 1 aliphatic rings. The van der Waals surface area contributed by atoms with Crippen molar-refractivity contribution in [3.8, 4) is 0 Å². The van der Waals surface area contributed by atoms with Crippen LogP contribution in [0.3, 0.4) is 0 Å². The topological polar surface area (TPSA) is 161 Å². The van der Waals surface area contributed by atoms with Gasteiger partial charge in [-0.3, -0.25) is 18.6 Å². The number of hydrogen-bond donors (Lipinski definition) is 3. The maximum absolute atomic E-state index is 12.6. The van der Waals surface area contributed by atoms with Gasteiger partial charge in [-0.2, -0.15) is 0 Å². The van der Waals surface area contributed by atoms with E-state index in [-0.39, 0.29) is 19.4 Å². The third-order valence-corrected chi connectivity index (χ3v) is 10.0. The number of unbranched alkanes of at least 4 members (excludes halogenated alkanes) is 12. The SMILES string of the molecule is CCCCCC/C=C\C=C/CCCCCCCC(=O)O[C@H](COC(=O)CCC/C=C\C/C=C\C/C=C\CC1OC1CCCCC)COP(=O)(O)OC[C@@H](O)CO. The molecule has 322 valence electrons. The Morgan fingerprint density at radius 2 is 1.23 bits per heavy atom. The lowest BCUT2D eigenvalue weighted by Gasteiger charge is -2.20. The number of esters is 2. The Labute approximate surface area is 338 Å². The second kappa shape index (κ2) is 35.8. The van der Waals surface area contributed by atoms with Crippen molar-refractivity contribution < 1.29 is 52.5 Å². The van der Waals surface area contributed by atoms with E-state index in [1.54, 1.807) is 0 Å². The van der Waals surface area contributed by atoms with E-state index < -0.39 is 51.8 Å². The first-order chi connectivity index (χ1) is 27.2. The van der Waals surface area contributed by atoms with Gasteiger partial charge in [0.25, 0.3) is 0 Å². The summed E-state index contributed by atoms with van der Waals surface area (Å²) in [4.78, 5) is 34.9. The molecule has 1 rings (SSSR count). The molecule has 0 aromatic carbocycles. The van der Waals surface area contributed by atoms with Gasteiger partial charge in [0.05, 0.1) is 32.0 Å². The number of hydrogen-bond acceptors (Lipinski definition) is 10. The molecule has 0 spiro atoms. The minimum absolute atomic E-state index is 0.150. The summed E-state index contributed by atoms with van der Waals surface area (Å²) in [7, 11) is -4.64. The molecule has 1 fully saturated rings. The lowest BCUT2D eigenvalue weighted by Crippen LogP contribution is -2.29. The monoisotopic (exact) mass is 811 g/mol. The molecule has 12 heteroatoms. The fraction of sp³-hybridized carbons (Fsp3) is 0.727. The number of carbonyl (C=O) groups is 2. The van der Waals surface area contributed by atoms with Gasteiger partial charge in [-0.15, -0.1) is 0 Å². The predicted molar refractivity (Wildman–Crippen MR) is 223 cm³/mol. The first kappa shape index (κ1) is 51.6. The van der Waals surface area contributed by atoms with Gasteiger partial charge in [0.15, 0.2) is 6.10 Å².